The molecule has 0 atom stereocenters. The molecule has 0 unspecified atom stereocenters. The summed E-state index contributed by atoms with van der Waals surface area (Å²) in [7, 11) is 0. The topological polar surface area (TPSA) is 38.4 Å². The highest BCUT2D eigenvalue weighted by Crippen LogP contribution is 2.19. The van der Waals surface area contributed by atoms with E-state index in [4.69, 9.17) is 5.73 Å². The van der Waals surface area contributed by atoms with Crippen LogP contribution in [0.25, 0.3) is 0 Å². The van der Waals surface area contributed by atoms with Gasteiger partial charge in [-0.2, -0.15) is 0 Å². The second-order valence-corrected chi connectivity index (χ2v) is 3.86. The molecule has 0 bridgehead atoms. The zero-order valence-electron chi connectivity index (χ0n) is 9.96. The third kappa shape index (κ3) is 3.33. The van der Waals surface area contributed by atoms with Crippen LogP contribution in [0.2, 0.25) is 0 Å². The molecule has 0 heterocycles. The van der Waals surface area contributed by atoms with Crippen LogP contribution < -0.4 is 5.73 Å². The highest BCUT2D eigenvalue weighted by atomic mass is 19.1. The molecular weight excluding hydrogens is 203 g/mol. The monoisotopic (exact) mass is 222 g/mol. The molecule has 0 aliphatic rings. The van der Waals surface area contributed by atoms with Crippen LogP contribution in [0, 0.1) is 6.92 Å². The maximum absolute atomic E-state index is 11.9. The first kappa shape index (κ1) is 12.7. The first-order chi connectivity index (χ1) is 7.69. The van der Waals surface area contributed by atoms with Crippen molar-refractivity contribution in [2.24, 2.45) is 4.99 Å². The van der Waals surface area contributed by atoms with E-state index >= 15 is 0 Å². The summed E-state index contributed by atoms with van der Waals surface area (Å²) in [6.45, 7) is 4.32. The molecule has 0 aliphatic carbocycles. The number of nitrogen functional groups attached to an aromatic ring is 1. The number of alkyl halides is 1. The molecule has 0 radical (unpaired) electrons. The molecule has 1 aromatic carbocycles. The molecule has 1 rings (SSSR count). The Balaban J connectivity index is 2.86. The van der Waals surface area contributed by atoms with E-state index in [1.807, 2.05) is 13.0 Å². The number of benzene rings is 1. The normalized spacial score (nSPS) is 11.2. The van der Waals surface area contributed by atoms with E-state index in [1.54, 1.807) is 6.21 Å². The fraction of sp³-hybridized carbons (Fsp3) is 0.462. The van der Waals surface area contributed by atoms with Gasteiger partial charge in [-0.15, -0.1) is 0 Å². The van der Waals surface area contributed by atoms with Crippen LogP contribution in [-0.4, -0.2) is 19.4 Å². The highest BCUT2D eigenvalue weighted by Gasteiger charge is 2.03. The predicted molar refractivity (Wildman–Crippen MR) is 68.0 cm³/mol. The van der Waals surface area contributed by atoms with Crippen LogP contribution in [0.1, 0.15) is 30.0 Å². The van der Waals surface area contributed by atoms with Gasteiger partial charge in [0, 0.05) is 24.0 Å². The van der Waals surface area contributed by atoms with Crippen molar-refractivity contribution in [3.63, 3.8) is 0 Å². The summed E-state index contributed by atoms with van der Waals surface area (Å²) in [6.07, 6.45) is 3.14. The number of hydrogen-bond donors (Lipinski definition) is 1. The van der Waals surface area contributed by atoms with E-state index in [2.05, 4.69) is 18.0 Å². The lowest BCUT2D eigenvalue weighted by Crippen LogP contribution is -2.00. The molecular formula is C13H19FN2. The summed E-state index contributed by atoms with van der Waals surface area (Å²) < 4.78 is 11.9. The average Bonchev–Trinajstić information content (AvgIpc) is 2.28. The number of nitrogens with two attached hydrogens (primary N) is 1. The Kier molecular flexibility index (Phi) is 4.96. The Bertz CT molecular complexity index is 372. The Hall–Kier alpha value is -1.38. The lowest BCUT2D eigenvalue weighted by atomic mass is 10.0. The minimum atomic E-state index is -0.319. The van der Waals surface area contributed by atoms with Gasteiger partial charge in [0.2, 0.25) is 0 Å². The molecule has 2 N–H and O–H groups in total. The number of aryl methyl sites for hydroxylation is 2. The summed E-state index contributed by atoms with van der Waals surface area (Å²) >= 11 is 0. The van der Waals surface area contributed by atoms with Gasteiger partial charge in [-0.05, 0) is 31.4 Å². The van der Waals surface area contributed by atoms with Crippen molar-refractivity contribution in [3.8, 4) is 0 Å². The Morgan fingerprint density at radius 3 is 2.81 bits per heavy atom. The van der Waals surface area contributed by atoms with Crippen molar-refractivity contribution in [2.75, 3.05) is 19.0 Å². The van der Waals surface area contributed by atoms with Gasteiger partial charge in [0.15, 0.2) is 0 Å². The molecule has 0 fully saturated rings. The number of aliphatic imine (C=N–C) groups is 1. The lowest BCUT2D eigenvalue weighted by molar-refractivity contribution is 0.478. The second-order valence-electron chi connectivity index (χ2n) is 3.86. The van der Waals surface area contributed by atoms with Gasteiger partial charge < -0.3 is 5.73 Å². The van der Waals surface area contributed by atoms with Crippen molar-refractivity contribution in [3.05, 3.63) is 28.8 Å². The molecule has 2 nitrogen and oxygen atoms in total. The fourth-order valence-electron chi connectivity index (χ4n) is 1.62. The van der Waals surface area contributed by atoms with Crippen LogP contribution in [0.15, 0.2) is 17.1 Å². The van der Waals surface area contributed by atoms with Crippen LogP contribution in [0.3, 0.4) is 0 Å². The molecule has 16 heavy (non-hydrogen) atoms. The van der Waals surface area contributed by atoms with E-state index in [1.165, 1.54) is 5.56 Å². The maximum atomic E-state index is 11.9. The van der Waals surface area contributed by atoms with Crippen molar-refractivity contribution in [1.82, 2.24) is 0 Å². The molecule has 0 spiro atoms. The van der Waals surface area contributed by atoms with E-state index < -0.39 is 0 Å². The zero-order valence-corrected chi connectivity index (χ0v) is 9.96. The summed E-state index contributed by atoms with van der Waals surface area (Å²) in [5.74, 6) is 0. The van der Waals surface area contributed by atoms with Gasteiger partial charge in [0.05, 0.1) is 6.67 Å². The number of rotatable bonds is 5. The molecule has 0 amide bonds. The van der Waals surface area contributed by atoms with Crippen LogP contribution in [0.5, 0.6) is 0 Å². The molecule has 0 saturated heterocycles. The van der Waals surface area contributed by atoms with Crippen molar-refractivity contribution in [2.45, 2.75) is 26.7 Å². The minimum Gasteiger partial charge on any atom is -0.398 e. The smallest absolute Gasteiger partial charge is 0.0912 e. The quantitative estimate of drug-likeness (QED) is 0.464. The Morgan fingerprint density at radius 2 is 2.19 bits per heavy atom. The lowest BCUT2D eigenvalue weighted by Gasteiger charge is -2.08. The number of halogens is 1. The van der Waals surface area contributed by atoms with Gasteiger partial charge in [-0.3, -0.25) is 9.38 Å². The van der Waals surface area contributed by atoms with Crippen LogP contribution in [0.4, 0.5) is 10.1 Å². The van der Waals surface area contributed by atoms with Gasteiger partial charge in [0.25, 0.3) is 0 Å². The summed E-state index contributed by atoms with van der Waals surface area (Å²) in [5, 5.41) is 0. The van der Waals surface area contributed by atoms with Crippen LogP contribution >= 0.6 is 0 Å². The number of hydrogen-bond acceptors (Lipinski definition) is 2. The third-order valence-electron chi connectivity index (χ3n) is 2.47. The Morgan fingerprint density at radius 1 is 1.44 bits per heavy atom. The van der Waals surface area contributed by atoms with Crippen LogP contribution in [-0.2, 0) is 6.42 Å². The molecule has 0 saturated carbocycles. The predicted octanol–water partition coefficient (Wildman–Crippen LogP) is 2.92. The number of anilines is 1. The van der Waals surface area contributed by atoms with E-state index in [-0.39, 0.29) is 6.67 Å². The van der Waals surface area contributed by atoms with Gasteiger partial charge in [0.1, 0.15) is 0 Å². The molecule has 0 aromatic heterocycles. The first-order valence-electron chi connectivity index (χ1n) is 5.63. The van der Waals surface area contributed by atoms with Crippen molar-refractivity contribution in [1.29, 1.82) is 0 Å². The summed E-state index contributed by atoms with van der Waals surface area (Å²) in [6, 6.07) is 4.10. The molecule has 3 heteroatoms. The SMILES string of the molecule is CCc1cc(C)cc(C=NCCCF)c1N. The standard InChI is InChI=1S/C13H19FN2/c1-3-11-7-10(2)8-12(13(11)15)9-16-6-4-5-14/h7-9H,3-6,15H2,1-2H3. The van der Waals surface area contributed by atoms with Gasteiger partial charge in [-0.25, -0.2) is 0 Å². The zero-order chi connectivity index (χ0) is 12.0. The van der Waals surface area contributed by atoms with E-state index in [9.17, 15) is 4.39 Å². The van der Waals surface area contributed by atoms with E-state index in [0.29, 0.717) is 13.0 Å². The van der Waals surface area contributed by atoms with Crippen molar-refractivity contribution < 1.29 is 4.39 Å². The summed E-state index contributed by atoms with van der Waals surface area (Å²) in [5.41, 5.74) is 10.1. The maximum Gasteiger partial charge on any atom is 0.0912 e. The average molecular weight is 222 g/mol. The fourth-order valence-corrected chi connectivity index (χ4v) is 1.62. The van der Waals surface area contributed by atoms with Gasteiger partial charge in [-0.1, -0.05) is 18.6 Å². The first-order valence-corrected chi connectivity index (χ1v) is 5.63. The Labute approximate surface area is 96.4 Å². The largest absolute Gasteiger partial charge is 0.398 e. The molecule has 1 aromatic rings. The highest BCUT2D eigenvalue weighted by molar-refractivity contribution is 5.88. The second kappa shape index (κ2) is 6.26. The van der Waals surface area contributed by atoms with E-state index in [0.717, 1.165) is 23.2 Å². The van der Waals surface area contributed by atoms with Gasteiger partial charge >= 0.3 is 0 Å². The minimum absolute atomic E-state index is 0.319. The molecule has 88 valence electrons. The summed E-state index contributed by atoms with van der Waals surface area (Å²) in [4.78, 5) is 4.16. The third-order valence-corrected chi connectivity index (χ3v) is 2.47. The number of nitrogens with zero attached hydrogens (tertiary/aromatic N) is 1. The molecule has 0 aliphatic heterocycles. The van der Waals surface area contributed by atoms with Crippen molar-refractivity contribution >= 4 is 11.9 Å².